The number of hydrogen-bond donors (Lipinski definition) is 3. The minimum absolute atomic E-state index is 0.175. The first-order valence-electron chi connectivity index (χ1n) is 6.52. The summed E-state index contributed by atoms with van der Waals surface area (Å²) in [5.74, 6) is 0.603. The Balaban J connectivity index is 2.16. The van der Waals surface area contributed by atoms with Gasteiger partial charge in [0, 0.05) is 6.54 Å². The highest BCUT2D eigenvalue weighted by Crippen LogP contribution is 2.10. The van der Waals surface area contributed by atoms with Crippen LogP contribution < -0.4 is 10.9 Å². The fourth-order valence-electron chi connectivity index (χ4n) is 1.84. The molecule has 0 bridgehead atoms. The first-order chi connectivity index (χ1) is 9.11. The van der Waals surface area contributed by atoms with Gasteiger partial charge in [0.05, 0.1) is 17.0 Å². The standard InChI is InChI=1S/C14H19N3O2/c1-3-9(2)12(18)8-15-14-16-11-7-5-4-6-10(11)13(19)17-14/h4-7,9,12,18H,3,8H2,1-2H3,(H2,15,16,17,19). The molecular weight excluding hydrogens is 242 g/mol. The van der Waals surface area contributed by atoms with Crippen LogP contribution in [0, 0.1) is 5.92 Å². The first kappa shape index (κ1) is 13.5. The molecule has 3 N–H and O–H groups in total. The van der Waals surface area contributed by atoms with E-state index in [-0.39, 0.29) is 11.5 Å². The van der Waals surface area contributed by atoms with Gasteiger partial charge in [0.25, 0.3) is 5.56 Å². The van der Waals surface area contributed by atoms with Crippen molar-refractivity contribution < 1.29 is 5.11 Å². The normalized spacial score (nSPS) is 14.3. The lowest BCUT2D eigenvalue weighted by atomic mass is 10.0. The molecular formula is C14H19N3O2. The van der Waals surface area contributed by atoms with Gasteiger partial charge >= 0.3 is 0 Å². The van der Waals surface area contributed by atoms with E-state index in [9.17, 15) is 9.90 Å². The Morgan fingerprint density at radius 1 is 1.42 bits per heavy atom. The molecule has 0 saturated heterocycles. The van der Waals surface area contributed by atoms with Crippen molar-refractivity contribution in [2.45, 2.75) is 26.4 Å². The fraction of sp³-hybridized carbons (Fsp3) is 0.429. The molecule has 2 rings (SSSR count). The molecule has 0 fully saturated rings. The molecule has 5 heteroatoms. The summed E-state index contributed by atoms with van der Waals surface area (Å²) in [5, 5.41) is 13.4. The molecule has 0 saturated carbocycles. The van der Waals surface area contributed by atoms with Crippen LogP contribution in [-0.2, 0) is 0 Å². The molecule has 0 spiro atoms. The number of aromatic amines is 1. The van der Waals surface area contributed by atoms with Crippen molar-refractivity contribution in [2.75, 3.05) is 11.9 Å². The number of fused-ring (bicyclic) bond motifs is 1. The van der Waals surface area contributed by atoms with Crippen molar-refractivity contribution in [3.63, 3.8) is 0 Å². The summed E-state index contributed by atoms with van der Waals surface area (Å²) in [5.41, 5.74) is 0.470. The summed E-state index contributed by atoms with van der Waals surface area (Å²) in [6, 6.07) is 7.17. The Bertz CT molecular complexity index is 609. The average molecular weight is 261 g/mol. The van der Waals surface area contributed by atoms with Crippen LogP contribution in [0.15, 0.2) is 29.1 Å². The summed E-state index contributed by atoms with van der Waals surface area (Å²) < 4.78 is 0. The van der Waals surface area contributed by atoms with Crippen LogP contribution in [0.1, 0.15) is 20.3 Å². The largest absolute Gasteiger partial charge is 0.391 e. The predicted octanol–water partition coefficient (Wildman–Crippen LogP) is 1.74. The van der Waals surface area contributed by atoms with Crippen molar-refractivity contribution >= 4 is 16.9 Å². The van der Waals surface area contributed by atoms with Gasteiger partial charge in [-0.3, -0.25) is 9.78 Å². The number of aliphatic hydroxyl groups excluding tert-OH is 1. The van der Waals surface area contributed by atoms with E-state index in [4.69, 9.17) is 0 Å². The molecule has 2 atom stereocenters. The number of nitrogens with one attached hydrogen (secondary N) is 2. The van der Waals surface area contributed by atoms with Gasteiger partial charge in [-0.2, -0.15) is 0 Å². The molecule has 2 unspecified atom stereocenters. The number of nitrogens with zero attached hydrogens (tertiary/aromatic N) is 1. The van der Waals surface area contributed by atoms with Crippen molar-refractivity contribution in [3.05, 3.63) is 34.6 Å². The highest BCUT2D eigenvalue weighted by atomic mass is 16.3. The zero-order chi connectivity index (χ0) is 13.8. The summed E-state index contributed by atoms with van der Waals surface area (Å²) in [6.07, 6.45) is 0.451. The predicted molar refractivity (Wildman–Crippen MR) is 76.3 cm³/mol. The number of anilines is 1. The lowest BCUT2D eigenvalue weighted by Gasteiger charge is -2.17. The smallest absolute Gasteiger partial charge is 0.260 e. The molecule has 0 radical (unpaired) electrons. The molecule has 0 amide bonds. The maximum Gasteiger partial charge on any atom is 0.260 e. The second kappa shape index (κ2) is 5.84. The van der Waals surface area contributed by atoms with Crippen LogP contribution in [0.4, 0.5) is 5.95 Å². The highest BCUT2D eigenvalue weighted by molar-refractivity contribution is 5.78. The van der Waals surface area contributed by atoms with Crippen LogP contribution in [-0.4, -0.2) is 27.7 Å². The third-order valence-corrected chi connectivity index (χ3v) is 3.39. The fourth-order valence-corrected chi connectivity index (χ4v) is 1.84. The van der Waals surface area contributed by atoms with E-state index in [2.05, 4.69) is 15.3 Å². The van der Waals surface area contributed by atoms with Gasteiger partial charge in [0.2, 0.25) is 5.95 Å². The van der Waals surface area contributed by atoms with Gasteiger partial charge in [-0.05, 0) is 18.1 Å². The van der Waals surface area contributed by atoms with Crippen LogP contribution in [0.2, 0.25) is 0 Å². The second-order valence-corrected chi connectivity index (χ2v) is 4.77. The van der Waals surface area contributed by atoms with E-state index in [0.29, 0.717) is 23.4 Å². The van der Waals surface area contributed by atoms with Crippen LogP contribution in [0.5, 0.6) is 0 Å². The van der Waals surface area contributed by atoms with Crippen molar-refractivity contribution in [1.82, 2.24) is 9.97 Å². The zero-order valence-electron chi connectivity index (χ0n) is 11.2. The second-order valence-electron chi connectivity index (χ2n) is 4.77. The minimum Gasteiger partial charge on any atom is -0.391 e. The molecule has 2 aromatic rings. The maximum atomic E-state index is 11.8. The topological polar surface area (TPSA) is 78.0 Å². The number of benzene rings is 1. The molecule has 102 valence electrons. The van der Waals surface area contributed by atoms with Gasteiger partial charge in [-0.1, -0.05) is 32.4 Å². The number of aliphatic hydroxyl groups is 1. The lowest BCUT2D eigenvalue weighted by Crippen LogP contribution is -2.27. The van der Waals surface area contributed by atoms with E-state index in [1.165, 1.54) is 0 Å². The summed E-state index contributed by atoms with van der Waals surface area (Å²) in [7, 11) is 0. The van der Waals surface area contributed by atoms with Crippen molar-refractivity contribution in [2.24, 2.45) is 5.92 Å². The van der Waals surface area contributed by atoms with Gasteiger partial charge in [-0.15, -0.1) is 0 Å². The van der Waals surface area contributed by atoms with Crippen LogP contribution >= 0.6 is 0 Å². The van der Waals surface area contributed by atoms with E-state index in [1.54, 1.807) is 18.2 Å². The Morgan fingerprint density at radius 3 is 2.89 bits per heavy atom. The summed E-state index contributed by atoms with van der Waals surface area (Å²) in [6.45, 7) is 4.39. The Morgan fingerprint density at radius 2 is 2.16 bits per heavy atom. The molecule has 1 heterocycles. The van der Waals surface area contributed by atoms with E-state index in [0.717, 1.165) is 6.42 Å². The summed E-state index contributed by atoms with van der Waals surface area (Å²) in [4.78, 5) is 18.8. The Kier molecular flexibility index (Phi) is 4.16. The Hall–Kier alpha value is -1.88. The highest BCUT2D eigenvalue weighted by Gasteiger charge is 2.12. The van der Waals surface area contributed by atoms with Crippen molar-refractivity contribution in [1.29, 1.82) is 0 Å². The number of para-hydroxylation sites is 1. The molecule has 1 aromatic carbocycles. The maximum absolute atomic E-state index is 11.8. The number of rotatable bonds is 5. The van der Waals surface area contributed by atoms with Gasteiger partial charge < -0.3 is 10.4 Å². The summed E-state index contributed by atoms with van der Waals surface area (Å²) >= 11 is 0. The molecule has 19 heavy (non-hydrogen) atoms. The third-order valence-electron chi connectivity index (χ3n) is 3.39. The Labute approximate surface area is 111 Å². The number of H-pyrrole nitrogens is 1. The van der Waals surface area contributed by atoms with E-state index in [1.807, 2.05) is 19.9 Å². The monoisotopic (exact) mass is 261 g/mol. The molecule has 0 aliphatic carbocycles. The molecule has 0 aliphatic heterocycles. The quantitative estimate of drug-likeness (QED) is 0.766. The number of hydrogen-bond acceptors (Lipinski definition) is 4. The third kappa shape index (κ3) is 3.12. The molecule has 1 aromatic heterocycles. The molecule has 5 nitrogen and oxygen atoms in total. The van der Waals surface area contributed by atoms with Crippen LogP contribution in [0.25, 0.3) is 10.9 Å². The zero-order valence-corrected chi connectivity index (χ0v) is 11.2. The van der Waals surface area contributed by atoms with Gasteiger partial charge in [-0.25, -0.2) is 4.98 Å². The van der Waals surface area contributed by atoms with Gasteiger partial charge in [0.1, 0.15) is 0 Å². The SMILES string of the molecule is CCC(C)C(O)CNc1nc2ccccc2c(=O)[nH]1. The van der Waals surface area contributed by atoms with E-state index < -0.39 is 6.10 Å². The first-order valence-corrected chi connectivity index (χ1v) is 6.52. The average Bonchev–Trinajstić information content (AvgIpc) is 2.44. The van der Waals surface area contributed by atoms with E-state index >= 15 is 0 Å². The molecule has 0 aliphatic rings. The van der Waals surface area contributed by atoms with Crippen molar-refractivity contribution in [3.8, 4) is 0 Å². The van der Waals surface area contributed by atoms with Gasteiger partial charge in [0.15, 0.2) is 0 Å². The van der Waals surface area contributed by atoms with Crippen LogP contribution in [0.3, 0.4) is 0 Å². The minimum atomic E-state index is -0.457. The lowest BCUT2D eigenvalue weighted by molar-refractivity contribution is 0.126. The number of aromatic nitrogens is 2.